The molecule has 0 radical (unpaired) electrons. The van der Waals surface area contributed by atoms with E-state index in [0.29, 0.717) is 0 Å². The van der Waals surface area contributed by atoms with Gasteiger partial charge in [0, 0.05) is 12.6 Å². The summed E-state index contributed by atoms with van der Waals surface area (Å²) >= 11 is 12.0. The molecular weight excluding hydrogens is 336 g/mol. The lowest BCUT2D eigenvalue weighted by molar-refractivity contribution is -0.133. The van der Waals surface area contributed by atoms with Crippen LogP contribution in [0.5, 0.6) is 0 Å². The Hall–Kier alpha value is -2.05. The van der Waals surface area contributed by atoms with Crippen molar-refractivity contribution in [1.29, 1.82) is 0 Å². The number of hydrogen-bond acceptors (Lipinski definition) is 3. The van der Waals surface area contributed by atoms with E-state index in [-0.39, 0.29) is 39.0 Å². The molecular formula is C14H10Cl2FNO4. The molecule has 0 aromatic heterocycles. The third-order valence-electron chi connectivity index (χ3n) is 3.14. The number of carboxylic acids is 2. The van der Waals surface area contributed by atoms with Crippen LogP contribution in [-0.2, 0) is 9.59 Å². The normalized spacial score (nSPS) is 14.9. The largest absolute Gasteiger partial charge is 0.478 e. The van der Waals surface area contributed by atoms with E-state index in [2.05, 4.69) is 0 Å². The van der Waals surface area contributed by atoms with Crippen LogP contribution in [0.3, 0.4) is 0 Å². The van der Waals surface area contributed by atoms with Crippen molar-refractivity contribution in [1.82, 2.24) is 0 Å². The summed E-state index contributed by atoms with van der Waals surface area (Å²) in [6, 6.07) is 4.55. The van der Waals surface area contributed by atoms with Crippen LogP contribution in [0, 0.1) is 0 Å². The Kier molecular flexibility index (Phi) is 4.73. The smallest absolute Gasteiger partial charge is 0.333 e. The minimum atomic E-state index is -1.39. The van der Waals surface area contributed by atoms with Gasteiger partial charge in [0.1, 0.15) is 6.67 Å². The molecule has 0 bridgehead atoms. The Balaban J connectivity index is 2.66. The summed E-state index contributed by atoms with van der Waals surface area (Å²) in [5.74, 6) is -2.68. The molecule has 0 amide bonds. The van der Waals surface area contributed by atoms with Crippen molar-refractivity contribution >= 4 is 40.8 Å². The van der Waals surface area contributed by atoms with E-state index in [1.165, 1.54) is 12.1 Å². The highest BCUT2D eigenvalue weighted by molar-refractivity contribution is 6.43. The molecule has 0 saturated carbocycles. The Bertz CT molecular complexity index is 715. The summed E-state index contributed by atoms with van der Waals surface area (Å²) in [4.78, 5) is 23.6. The van der Waals surface area contributed by atoms with Gasteiger partial charge in [-0.2, -0.15) is 0 Å². The van der Waals surface area contributed by atoms with E-state index < -0.39 is 18.6 Å². The Morgan fingerprint density at radius 2 is 1.91 bits per heavy atom. The number of carbonyl (C=O) groups is 2. The van der Waals surface area contributed by atoms with E-state index in [0.717, 1.165) is 11.1 Å². The molecule has 8 heteroatoms. The summed E-state index contributed by atoms with van der Waals surface area (Å²) < 4.78 is 13.4. The van der Waals surface area contributed by atoms with Crippen molar-refractivity contribution in [3.05, 3.63) is 51.3 Å². The van der Waals surface area contributed by atoms with Crippen molar-refractivity contribution in [3.8, 4) is 0 Å². The zero-order valence-corrected chi connectivity index (χ0v) is 12.5. The number of nitrogens with zero attached hydrogens (tertiary/aromatic N) is 1. The van der Waals surface area contributed by atoms with E-state index in [1.54, 1.807) is 6.07 Å². The average Bonchev–Trinajstić information content (AvgIpc) is 2.48. The maximum absolute atomic E-state index is 13.4. The lowest BCUT2D eigenvalue weighted by atomic mass is 9.99. The molecule has 0 aliphatic carbocycles. The highest BCUT2D eigenvalue weighted by atomic mass is 35.5. The molecule has 0 saturated heterocycles. The standard InChI is InChI=1S/C14H10Cl2FNO4/c15-9-2-1-3-10(12(9)16)18-6-7(13(19)20)4-8(14(21)22)11(18)5-17/h1-3,6H,4-5H2,(H,19,20)(H,21,22). The first kappa shape index (κ1) is 16.3. The van der Waals surface area contributed by atoms with Crippen LogP contribution >= 0.6 is 23.2 Å². The van der Waals surface area contributed by atoms with Gasteiger partial charge in [-0.25, -0.2) is 14.0 Å². The second-order valence-electron chi connectivity index (χ2n) is 4.44. The molecule has 22 heavy (non-hydrogen) atoms. The summed E-state index contributed by atoms with van der Waals surface area (Å²) in [7, 11) is 0. The Morgan fingerprint density at radius 3 is 2.45 bits per heavy atom. The van der Waals surface area contributed by atoms with Crippen LogP contribution in [0.1, 0.15) is 6.42 Å². The summed E-state index contributed by atoms with van der Waals surface area (Å²) in [6.07, 6.45) is 0.778. The fourth-order valence-corrected chi connectivity index (χ4v) is 2.47. The van der Waals surface area contributed by atoms with Gasteiger partial charge in [0.2, 0.25) is 0 Å². The van der Waals surface area contributed by atoms with Gasteiger partial charge in [0.25, 0.3) is 0 Å². The van der Waals surface area contributed by atoms with Crippen LogP contribution < -0.4 is 4.90 Å². The number of allylic oxidation sites excluding steroid dienone is 1. The van der Waals surface area contributed by atoms with Crippen molar-refractivity contribution in [3.63, 3.8) is 0 Å². The SMILES string of the molecule is O=C(O)C1=CN(c2cccc(Cl)c2Cl)C(CF)=C(C(=O)O)C1. The van der Waals surface area contributed by atoms with Crippen molar-refractivity contribution in [2.75, 3.05) is 11.6 Å². The molecule has 0 unspecified atom stereocenters. The maximum Gasteiger partial charge on any atom is 0.333 e. The van der Waals surface area contributed by atoms with E-state index in [4.69, 9.17) is 28.3 Å². The molecule has 1 aromatic rings. The quantitative estimate of drug-likeness (QED) is 0.873. The molecule has 0 spiro atoms. The summed E-state index contributed by atoms with van der Waals surface area (Å²) in [6.45, 7) is -1.09. The lowest BCUT2D eigenvalue weighted by Gasteiger charge is -2.29. The first-order chi connectivity index (χ1) is 10.4. The number of halogens is 3. The van der Waals surface area contributed by atoms with Gasteiger partial charge >= 0.3 is 11.9 Å². The van der Waals surface area contributed by atoms with Crippen LogP contribution in [-0.4, -0.2) is 28.8 Å². The molecule has 1 aliphatic rings. The third kappa shape index (κ3) is 2.93. The maximum atomic E-state index is 13.4. The van der Waals surface area contributed by atoms with E-state index in [1.807, 2.05) is 0 Å². The zero-order valence-electron chi connectivity index (χ0n) is 11.0. The highest BCUT2D eigenvalue weighted by Crippen LogP contribution is 2.38. The predicted octanol–water partition coefficient (Wildman–Crippen LogP) is 3.48. The first-order valence-corrected chi connectivity index (χ1v) is 6.81. The Morgan fingerprint density at radius 1 is 1.23 bits per heavy atom. The van der Waals surface area contributed by atoms with Crippen LogP contribution in [0.25, 0.3) is 0 Å². The molecule has 1 heterocycles. The fraction of sp³-hybridized carbons (Fsp3) is 0.143. The minimum absolute atomic E-state index is 0.0720. The first-order valence-electron chi connectivity index (χ1n) is 6.05. The third-order valence-corrected chi connectivity index (χ3v) is 3.95. The van der Waals surface area contributed by atoms with Gasteiger partial charge in [0.15, 0.2) is 0 Å². The van der Waals surface area contributed by atoms with E-state index in [9.17, 15) is 19.1 Å². The van der Waals surface area contributed by atoms with Crippen LogP contribution in [0.4, 0.5) is 10.1 Å². The number of hydrogen-bond donors (Lipinski definition) is 2. The van der Waals surface area contributed by atoms with Crippen molar-refractivity contribution in [2.45, 2.75) is 6.42 Å². The van der Waals surface area contributed by atoms with Gasteiger partial charge in [-0.15, -0.1) is 0 Å². The second kappa shape index (κ2) is 6.37. The predicted molar refractivity (Wildman–Crippen MR) is 79.9 cm³/mol. The van der Waals surface area contributed by atoms with E-state index >= 15 is 0 Å². The number of alkyl halides is 1. The molecule has 116 valence electrons. The second-order valence-corrected chi connectivity index (χ2v) is 5.23. The number of rotatable bonds is 4. The molecule has 1 aromatic carbocycles. The minimum Gasteiger partial charge on any atom is -0.478 e. The molecule has 0 atom stereocenters. The Labute approximate surface area is 134 Å². The van der Waals surface area contributed by atoms with Gasteiger partial charge in [-0.05, 0) is 12.1 Å². The number of anilines is 1. The number of benzene rings is 1. The highest BCUT2D eigenvalue weighted by Gasteiger charge is 2.29. The monoisotopic (exact) mass is 345 g/mol. The van der Waals surface area contributed by atoms with Gasteiger partial charge < -0.3 is 15.1 Å². The molecule has 2 N–H and O–H groups in total. The molecule has 2 rings (SSSR count). The number of aliphatic carboxylic acids is 2. The van der Waals surface area contributed by atoms with Crippen LogP contribution in [0.15, 0.2) is 41.2 Å². The average molecular weight is 346 g/mol. The van der Waals surface area contributed by atoms with Gasteiger partial charge in [0.05, 0.1) is 32.6 Å². The topological polar surface area (TPSA) is 77.8 Å². The van der Waals surface area contributed by atoms with Gasteiger partial charge in [-0.3, -0.25) is 0 Å². The molecule has 5 nitrogen and oxygen atoms in total. The lowest BCUT2D eigenvalue weighted by Crippen LogP contribution is -2.28. The molecule has 0 fully saturated rings. The fourth-order valence-electron chi connectivity index (χ4n) is 2.09. The van der Waals surface area contributed by atoms with Crippen molar-refractivity contribution < 1.29 is 24.2 Å². The zero-order chi connectivity index (χ0) is 16.4. The van der Waals surface area contributed by atoms with Crippen molar-refractivity contribution in [2.24, 2.45) is 0 Å². The summed E-state index contributed by atoms with van der Waals surface area (Å²) in [5.41, 5.74) is -0.496. The summed E-state index contributed by atoms with van der Waals surface area (Å²) in [5, 5.41) is 18.6. The van der Waals surface area contributed by atoms with Gasteiger partial charge in [-0.1, -0.05) is 29.3 Å². The van der Waals surface area contributed by atoms with Crippen LogP contribution in [0.2, 0.25) is 10.0 Å². The number of carboxylic acid groups (broad SMARTS) is 2. The molecule has 1 aliphatic heterocycles.